The number of carboxylic acids is 1. The summed E-state index contributed by atoms with van der Waals surface area (Å²) < 4.78 is 5.41. The molecule has 1 heterocycles. The van der Waals surface area contributed by atoms with Crippen LogP contribution < -0.4 is 5.32 Å². The van der Waals surface area contributed by atoms with E-state index in [-0.39, 0.29) is 36.3 Å². The highest BCUT2D eigenvalue weighted by atomic mass is 16.6. The van der Waals surface area contributed by atoms with E-state index in [9.17, 15) is 19.5 Å². The number of aliphatic carboxylic acids is 1. The van der Waals surface area contributed by atoms with Crippen LogP contribution in [0.2, 0.25) is 0 Å². The third kappa shape index (κ3) is 7.39. The van der Waals surface area contributed by atoms with Gasteiger partial charge in [0.1, 0.15) is 5.60 Å². The van der Waals surface area contributed by atoms with Crippen LogP contribution in [0.5, 0.6) is 0 Å². The minimum Gasteiger partial charge on any atom is -0.481 e. The average molecular weight is 385 g/mol. The lowest BCUT2D eigenvalue weighted by atomic mass is 9.76. The predicted octanol–water partition coefficient (Wildman–Crippen LogP) is 3.28. The van der Waals surface area contributed by atoms with Gasteiger partial charge in [0.2, 0.25) is 5.91 Å². The van der Waals surface area contributed by atoms with Gasteiger partial charge >= 0.3 is 12.1 Å². The summed E-state index contributed by atoms with van der Waals surface area (Å²) in [6.07, 6.45) is 1.81. The first-order valence-corrected chi connectivity index (χ1v) is 9.98. The predicted molar refractivity (Wildman–Crippen MR) is 103 cm³/mol. The lowest BCUT2D eigenvalue weighted by molar-refractivity contribution is -0.148. The monoisotopic (exact) mass is 384 g/mol. The Morgan fingerprint density at radius 3 is 2.26 bits per heavy atom. The van der Waals surface area contributed by atoms with Crippen LogP contribution in [0.4, 0.5) is 4.79 Å². The first-order valence-electron chi connectivity index (χ1n) is 9.98. The fraction of sp³-hybridized carbons (Fsp3) is 0.850. The molecule has 156 valence electrons. The number of piperidine rings is 1. The molecule has 0 aromatic carbocycles. The first kappa shape index (κ1) is 23.2. The summed E-state index contributed by atoms with van der Waals surface area (Å²) in [6, 6.07) is 0.0818. The van der Waals surface area contributed by atoms with Gasteiger partial charge in [-0.1, -0.05) is 20.8 Å². The Bertz CT molecular complexity index is 525. The third-order valence-corrected chi connectivity index (χ3v) is 5.21. The van der Waals surface area contributed by atoms with Gasteiger partial charge in [-0.2, -0.15) is 0 Å². The van der Waals surface area contributed by atoms with Crippen molar-refractivity contribution in [3.63, 3.8) is 0 Å². The molecule has 0 saturated carbocycles. The van der Waals surface area contributed by atoms with Crippen LogP contribution in [0, 0.1) is 17.8 Å². The first-order chi connectivity index (χ1) is 12.5. The number of carboxylic acid groups (broad SMARTS) is 1. The molecule has 0 aromatic rings. The Morgan fingerprint density at radius 1 is 1.22 bits per heavy atom. The number of rotatable bonds is 7. The number of nitrogens with zero attached hydrogens (tertiary/aromatic N) is 1. The van der Waals surface area contributed by atoms with Crippen molar-refractivity contribution in [3.8, 4) is 0 Å². The van der Waals surface area contributed by atoms with Gasteiger partial charge in [0.05, 0.1) is 5.92 Å². The molecule has 7 nitrogen and oxygen atoms in total. The second kappa shape index (κ2) is 9.95. The highest BCUT2D eigenvalue weighted by Gasteiger charge is 2.39. The molecule has 7 heteroatoms. The molecule has 0 radical (unpaired) electrons. The van der Waals surface area contributed by atoms with Gasteiger partial charge in [0, 0.05) is 25.6 Å². The molecule has 3 atom stereocenters. The van der Waals surface area contributed by atoms with Crippen LogP contribution in [-0.4, -0.2) is 52.7 Å². The molecular formula is C20H36N2O5. The van der Waals surface area contributed by atoms with E-state index in [0.717, 1.165) is 12.8 Å². The number of amides is 2. The standard InChI is InChI=1S/C20H36N2O5/c1-7-14(8-2)21-17(23)11-16(18(24)25)15-9-10-22(12-13(15)3)19(26)27-20(4,5)6/h13-16H,7-12H2,1-6H3,(H,21,23)(H,24,25). The van der Waals surface area contributed by atoms with Gasteiger partial charge in [-0.05, 0) is 51.9 Å². The molecule has 0 spiro atoms. The summed E-state index contributed by atoms with van der Waals surface area (Å²) >= 11 is 0. The molecule has 0 aromatic heterocycles. The number of carbonyl (C=O) groups is 3. The number of hydrogen-bond donors (Lipinski definition) is 2. The number of hydrogen-bond acceptors (Lipinski definition) is 4. The molecule has 2 amide bonds. The normalized spacial score (nSPS) is 21.7. The molecule has 1 aliphatic heterocycles. The van der Waals surface area contributed by atoms with Crippen LogP contribution in [0.3, 0.4) is 0 Å². The van der Waals surface area contributed by atoms with Gasteiger partial charge in [0.15, 0.2) is 0 Å². The number of carbonyl (C=O) groups excluding carboxylic acids is 2. The zero-order chi connectivity index (χ0) is 20.8. The van der Waals surface area contributed by atoms with Crippen molar-refractivity contribution in [2.45, 2.75) is 78.9 Å². The Labute approximate surface area is 162 Å². The van der Waals surface area contributed by atoms with Crippen molar-refractivity contribution in [2.24, 2.45) is 17.8 Å². The molecular weight excluding hydrogens is 348 g/mol. The highest BCUT2D eigenvalue weighted by Crippen LogP contribution is 2.33. The minimum atomic E-state index is -0.947. The minimum absolute atomic E-state index is 0.0201. The largest absolute Gasteiger partial charge is 0.481 e. The lowest BCUT2D eigenvalue weighted by Crippen LogP contribution is -2.48. The molecule has 3 unspecified atom stereocenters. The van der Waals surface area contributed by atoms with Gasteiger partial charge in [-0.15, -0.1) is 0 Å². The van der Waals surface area contributed by atoms with Crippen LogP contribution >= 0.6 is 0 Å². The Hall–Kier alpha value is -1.79. The van der Waals surface area contributed by atoms with E-state index in [1.54, 1.807) is 4.90 Å². The quantitative estimate of drug-likeness (QED) is 0.702. The van der Waals surface area contributed by atoms with E-state index in [1.165, 1.54) is 0 Å². The number of ether oxygens (including phenoxy) is 1. The maximum atomic E-state index is 12.3. The maximum Gasteiger partial charge on any atom is 0.410 e. The van der Waals surface area contributed by atoms with E-state index < -0.39 is 17.5 Å². The Morgan fingerprint density at radius 2 is 1.81 bits per heavy atom. The second-order valence-corrected chi connectivity index (χ2v) is 8.59. The van der Waals surface area contributed by atoms with Crippen LogP contribution in [-0.2, 0) is 14.3 Å². The molecule has 0 aliphatic carbocycles. The van der Waals surface area contributed by atoms with Crippen LogP contribution in [0.1, 0.15) is 67.2 Å². The van der Waals surface area contributed by atoms with Crippen LogP contribution in [0.15, 0.2) is 0 Å². The second-order valence-electron chi connectivity index (χ2n) is 8.59. The summed E-state index contributed by atoms with van der Waals surface area (Å²) in [6.45, 7) is 12.3. The Kier molecular flexibility index (Phi) is 8.57. The zero-order valence-corrected chi connectivity index (χ0v) is 17.6. The molecule has 2 N–H and O–H groups in total. The summed E-state index contributed by atoms with van der Waals surface area (Å²) in [5.41, 5.74) is -0.562. The van der Waals surface area contributed by atoms with Crippen LogP contribution in [0.25, 0.3) is 0 Å². The molecule has 1 aliphatic rings. The van der Waals surface area contributed by atoms with Crippen molar-refractivity contribution in [3.05, 3.63) is 0 Å². The summed E-state index contributed by atoms with van der Waals surface area (Å²) in [5.74, 6) is -2.06. The summed E-state index contributed by atoms with van der Waals surface area (Å²) in [4.78, 5) is 38.0. The molecule has 1 fully saturated rings. The smallest absolute Gasteiger partial charge is 0.410 e. The molecule has 0 bridgehead atoms. The van der Waals surface area contributed by atoms with Gasteiger partial charge in [-0.25, -0.2) is 4.79 Å². The van der Waals surface area contributed by atoms with Gasteiger partial charge in [0.25, 0.3) is 0 Å². The number of nitrogens with one attached hydrogen (secondary N) is 1. The van der Waals surface area contributed by atoms with E-state index in [2.05, 4.69) is 5.32 Å². The summed E-state index contributed by atoms with van der Waals surface area (Å²) in [7, 11) is 0. The van der Waals surface area contributed by atoms with Crippen molar-refractivity contribution < 1.29 is 24.2 Å². The van der Waals surface area contributed by atoms with Crippen molar-refractivity contribution >= 4 is 18.0 Å². The number of likely N-dealkylation sites (tertiary alicyclic amines) is 1. The zero-order valence-electron chi connectivity index (χ0n) is 17.6. The van der Waals surface area contributed by atoms with E-state index in [4.69, 9.17) is 4.74 Å². The highest BCUT2D eigenvalue weighted by molar-refractivity contribution is 5.82. The fourth-order valence-electron chi connectivity index (χ4n) is 3.65. The molecule has 1 rings (SSSR count). The fourth-order valence-corrected chi connectivity index (χ4v) is 3.65. The molecule has 27 heavy (non-hydrogen) atoms. The van der Waals surface area contributed by atoms with Crippen molar-refractivity contribution in [2.75, 3.05) is 13.1 Å². The third-order valence-electron chi connectivity index (χ3n) is 5.21. The van der Waals surface area contributed by atoms with Crippen molar-refractivity contribution in [1.29, 1.82) is 0 Å². The maximum absolute atomic E-state index is 12.3. The lowest BCUT2D eigenvalue weighted by Gasteiger charge is -2.39. The van der Waals surface area contributed by atoms with E-state index >= 15 is 0 Å². The van der Waals surface area contributed by atoms with Gasteiger partial charge < -0.3 is 20.1 Å². The van der Waals surface area contributed by atoms with E-state index in [0.29, 0.717) is 19.5 Å². The van der Waals surface area contributed by atoms with Crippen molar-refractivity contribution in [1.82, 2.24) is 10.2 Å². The average Bonchev–Trinajstić information content (AvgIpc) is 2.56. The van der Waals surface area contributed by atoms with Gasteiger partial charge in [-0.3, -0.25) is 9.59 Å². The SMILES string of the molecule is CCC(CC)NC(=O)CC(C(=O)O)C1CCN(C(=O)OC(C)(C)C)CC1C. The summed E-state index contributed by atoms with van der Waals surface area (Å²) in [5, 5.41) is 12.6. The topological polar surface area (TPSA) is 95.9 Å². The molecule has 1 saturated heterocycles. The van der Waals surface area contributed by atoms with E-state index in [1.807, 2.05) is 41.5 Å². The Balaban J connectivity index is 2.71.